The Kier molecular flexibility index (Phi) is 4.45. The van der Waals surface area contributed by atoms with Crippen molar-refractivity contribution in [2.24, 2.45) is 0 Å². The molecule has 0 aromatic carbocycles. The Morgan fingerprint density at radius 3 is 2.75 bits per heavy atom. The second-order valence-electron chi connectivity index (χ2n) is 0.753. The van der Waals surface area contributed by atoms with Gasteiger partial charge in [0.25, 0.3) is 0 Å². The van der Waals surface area contributed by atoms with Gasteiger partial charge >= 0.3 is 6.16 Å². The summed E-state index contributed by atoms with van der Waals surface area (Å²) in [6.45, 7) is 0. The van der Waals surface area contributed by atoms with E-state index in [1.54, 1.807) is 22.6 Å². The fourth-order valence-corrected chi connectivity index (χ4v) is 0.213. The molecule has 0 radical (unpaired) electrons. The summed E-state index contributed by atoms with van der Waals surface area (Å²) in [5.74, 6) is 0. The zero-order valence-corrected chi connectivity index (χ0v) is 6.26. The summed E-state index contributed by atoms with van der Waals surface area (Å²) in [6, 6.07) is 0. The van der Waals surface area contributed by atoms with Gasteiger partial charge in [0.2, 0.25) is 0 Å². The van der Waals surface area contributed by atoms with Crippen molar-refractivity contribution in [3.63, 3.8) is 0 Å². The van der Waals surface area contributed by atoms with Gasteiger partial charge in [0.15, 0.2) is 0 Å². The minimum absolute atomic E-state index is 0.783. The van der Waals surface area contributed by atoms with Crippen molar-refractivity contribution < 1.29 is 14.3 Å². The molecule has 0 aromatic heterocycles. The van der Waals surface area contributed by atoms with Gasteiger partial charge in [0.1, 0.15) is 6.11 Å². The Hall–Kier alpha value is -0.440. The van der Waals surface area contributed by atoms with Crippen LogP contribution in [-0.2, 0) is 9.47 Å². The topological polar surface area (TPSA) is 35.5 Å². The maximum absolute atomic E-state index is 10.0. The Labute approximate surface area is 60.5 Å². The molecule has 0 unspecified atom stereocenters. The molecule has 8 heavy (non-hydrogen) atoms. The number of hydrogen-bond acceptors (Lipinski definition) is 3. The third kappa shape index (κ3) is 3.74. The predicted octanol–water partition coefficient (Wildman–Crippen LogP) is 1.12. The first-order chi connectivity index (χ1) is 3.81. The van der Waals surface area contributed by atoms with E-state index in [0.29, 0.717) is 0 Å². The van der Waals surface area contributed by atoms with Gasteiger partial charge < -0.3 is 9.47 Å². The van der Waals surface area contributed by atoms with Crippen LogP contribution < -0.4 is 0 Å². The summed E-state index contributed by atoms with van der Waals surface area (Å²) in [6.07, 6.45) is 1.28. The molecular formula is C4H3IO3. The number of halogens is 1. The van der Waals surface area contributed by atoms with E-state index in [1.165, 1.54) is 7.11 Å². The molecule has 0 rings (SSSR count). The number of rotatable bonds is 0. The Morgan fingerprint density at radius 2 is 2.38 bits per heavy atom. The van der Waals surface area contributed by atoms with Gasteiger partial charge in [-0.25, -0.2) is 4.79 Å². The molecular weight excluding hydrogens is 223 g/mol. The zero-order chi connectivity index (χ0) is 6.41. The summed E-state index contributed by atoms with van der Waals surface area (Å²) < 4.78 is 10.5. The smallest absolute Gasteiger partial charge is 0.437 e. The Balaban J connectivity index is 3.35. The third-order valence-electron chi connectivity index (χ3n) is 0.340. The first-order valence-electron chi connectivity index (χ1n) is 1.66. The zero-order valence-electron chi connectivity index (χ0n) is 4.10. The molecule has 3 nitrogen and oxygen atoms in total. The van der Waals surface area contributed by atoms with Gasteiger partial charge in [-0.15, -0.1) is 0 Å². The van der Waals surface area contributed by atoms with E-state index >= 15 is 0 Å². The van der Waals surface area contributed by atoms with E-state index in [4.69, 9.17) is 0 Å². The molecule has 0 aliphatic carbocycles. The largest absolute Gasteiger partial charge is 0.522 e. The molecule has 0 spiro atoms. The lowest BCUT2D eigenvalue weighted by Crippen LogP contribution is -1.97. The third-order valence-corrected chi connectivity index (χ3v) is 0.560. The van der Waals surface area contributed by atoms with E-state index in [0.717, 1.165) is 0 Å². The lowest BCUT2D eigenvalue weighted by Gasteiger charge is -1.88. The van der Waals surface area contributed by atoms with Crippen LogP contribution in [0.3, 0.4) is 0 Å². The van der Waals surface area contributed by atoms with Crippen LogP contribution in [0.1, 0.15) is 0 Å². The minimum atomic E-state index is -0.783. The van der Waals surface area contributed by atoms with Gasteiger partial charge in [-0.1, -0.05) is 0 Å². The fraction of sp³-hybridized carbons (Fsp3) is 0.250. The van der Waals surface area contributed by atoms with Crippen molar-refractivity contribution in [3.8, 4) is 10.0 Å². The van der Waals surface area contributed by atoms with Crippen molar-refractivity contribution in [1.29, 1.82) is 0 Å². The van der Waals surface area contributed by atoms with Crippen LogP contribution in [-0.4, -0.2) is 13.3 Å². The summed E-state index contributed by atoms with van der Waals surface area (Å²) in [4.78, 5) is 10.0. The highest BCUT2D eigenvalue weighted by Crippen LogP contribution is 1.79. The summed E-state index contributed by atoms with van der Waals surface area (Å²) in [5.41, 5.74) is 0. The molecule has 0 amide bonds. The Bertz CT molecular complexity index is 132. The lowest BCUT2D eigenvalue weighted by molar-refractivity contribution is 0.112. The highest BCUT2D eigenvalue weighted by molar-refractivity contribution is 14.1. The van der Waals surface area contributed by atoms with Crippen LogP contribution in [0.2, 0.25) is 0 Å². The molecule has 0 atom stereocenters. The number of carbonyl (C=O) groups is 1. The van der Waals surface area contributed by atoms with Crippen LogP contribution in [0.5, 0.6) is 0 Å². The standard InChI is InChI=1S/C4H3IO3/c1-7-4(6)8-3-2-5/h1H3. The van der Waals surface area contributed by atoms with E-state index in [-0.39, 0.29) is 0 Å². The molecule has 0 N–H and O–H groups in total. The van der Waals surface area contributed by atoms with E-state index in [2.05, 4.69) is 19.5 Å². The second kappa shape index (κ2) is 4.71. The Morgan fingerprint density at radius 1 is 1.75 bits per heavy atom. The molecule has 0 aliphatic heterocycles. The van der Waals surface area contributed by atoms with Gasteiger partial charge in [-0.2, -0.15) is 0 Å². The van der Waals surface area contributed by atoms with Crippen LogP contribution in [0.4, 0.5) is 4.79 Å². The molecule has 44 valence electrons. The van der Waals surface area contributed by atoms with Gasteiger partial charge in [-0.3, -0.25) is 0 Å². The summed E-state index contributed by atoms with van der Waals surface area (Å²) in [5, 5.41) is 0. The van der Waals surface area contributed by atoms with Gasteiger partial charge in [-0.05, 0) is 0 Å². The number of hydrogen-bond donors (Lipinski definition) is 0. The lowest BCUT2D eigenvalue weighted by atomic mass is 11.2. The van der Waals surface area contributed by atoms with Crippen LogP contribution >= 0.6 is 22.6 Å². The maximum atomic E-state index is 10.0. The van der Waals surface area contributed by atoms with Crippen LogP contribution in [0.25, 0.3) is 0 Å². The van der Waals surface area contributed by atoms with E-state index in [9.17, 15) is 4.79 Å². The second-order valence-corrected chi connectivity index (χ2v) is 1.29. The molecule has 0 fully saturated rings. The molecule has 0 bridgehead atoms. The highest BCUT2D eigenvalue weighted by atomic mass is 127. The molecule has 0 aromatic rings. The number of methoxy groups -OCH3 is 1. The SMILES string of the molecule is COC(=O)OC#CI. The quantitative estimate of drug-likeness (QED) is 0.352. The van der Waals surface area contributed by atoms with Crippen molar-refractivity contribution in [1.82, 2.24) is 0 Å². The molecule has 4 heteroatoms. The minimum Gasteiger partial charge on any atom is -0.437 e. The monoisotopic (exact) mass is 226 g/mol. The van der Waals surface area contributed by atoms with E-state index in [1.807, 2.05) is 0 Å². The summed E-state index contributed by atoms with van der Waals surface area (Å²) >= 11 is 1.74. The van der Waals surface area contributed by atoms with Crippen molar-refractivity contribution in [2.75, 3.05) is 7.11 Å². The molecule has 0 aliphatic rings. The number of carbonyl (C=O) groups excluding carboxylic acids is 1. The van der Waals surface area contributed by atoms with Crippen molar-refractivity contribution >= 4 is 28.7 Å². The fourth-order valence-electron chi connectivity index (χ4n) is 0.103. The first-order valence-corrected chi connectivity index (χ1v) is 2.74. The van der Waals surface area contributed by atoms with Gasteiger partial charge in [0.05, 0.1) is 7.11 Å². The van der Waals surface area contributed by atoms with Crippen molar-refractivity contribution in [3.05, 3.63) is 0 Å². The highest BCUT2D eigenvalue weighted by Gasteiger charge is 1.93. The molecule has 0 saturated carbocycles. The van der Waals surface area contributed by atoms with Gasteiger partial charge in [0, 0.05) is 26.5 Å². The van der Waals surface area contributed by atoms with Crippen molar-refractivity contribution in [2.45, 2.75) is 0 Å². The van der Waals surface area contributed by atoms with E-state index < -0.39 is 6.16 Å². The average molecular weight is 226 g/mol. The predicted molar refractivity (Wildman–Crippen MR) is 35.3 cm³/mol. The molecule has 0 saturated heterocycles. The van der Waals surface area contributed by atoms with Crippen LogP contribution in [0.15, 0.2) is 0 Å². The normalized spacial score (nSPS) is 6.25. The maximum Gasteiger partial charge on any atom is 0.522 e. The first kappa shape index (κ1) is 7.56. The average Bonchev–Trinajstić information content (AvgIpc) is 1.83. The number of ether oxygens (including phenoxy) is 2. The summed E-state index contributed by atoms with van der Waals surface area (Å²) in [7, 11) is 1.22. The van der Waals surface area contributed by atoms with Crippen LogP contribution in [0, 0.1) is 10.0 Å². The molecule has 0 heterocycles.